The average molecular weight is 289 g/mol. The molecule has 2 N–H and O–H groups in total. The van der Waals surface area contributed by atoms with E-state index in [0.29, 0.717) is 24.8 Å². The number of aromatic nitrogens is 1. The third-order valence-electron chi connectivity index (χ3n) is 2.84. The van der Waals surface area contributed by atoms with Crippen molar-refractivity contribution in [3.8, 4) is 11.3 Å². The molecule has 2 aromatic rings. The summed E-state index contributed by atoms with van der Waals surface area (Å²) < 4.78 is 10.3. The summed E-state index contributed by atoms with van der Waals surface area (Å²) >= 11 is 0. The van der Waals surface area contributed by atoms with E-state index in [2.05, 4.69) is 15.6 Å². The zero-order valence-electron chi connectivity index (χ0n) is 12.2. The van der Waals surface area contributed by atoms with Gasteiger partial charge in [-0.05, 0) is 24.3 Å². The van der Waals surface area contributed by atoms with Crippen LogP contribution in [0.2, 0.25) is 0 Å². The third-order valence-corrected chi connectivity index (χ3v) is 2.84. The van der Waals surface area contributed by atoms with E-state index < -0.39 is 0 Å². The van der Waals surface area contributed by atoms with Crippen molar-refractivity contribution in [2.45, 2.75) is 6.92 Å². The number of carbonyl (C=O) groups excluding carboxylic acids is 1. The van der Waals surface area contributed by atoms with Crippen LogP contribution in [0.25, 0.3) is 11.3 Å². The van der Waals surface area contributed by atoms with Crippen molar-refractivity contribution in [3.05, 3.63) is 36.4 Å². The minimum atomic E-state index is -0.0886. The third kappa shape index (κ3) is 4.70. The maximum absolute atomic E-state index is 11.7. The Morgan fingerprint density at radius 1 is 1.33 bits per heavy atom. The van der Waals surface area contributed by atoms with Crippen LogP contribution in [0.1, 0.15) is 5.89 Å². The molecule has 0 aliphatic carbocycles. The van der Waals surface area contributed by atoms with Crippen LogP contribution in [-0.2, 0) is 9.53 Å². The molecular formula is C15H19N3O3. The van der Waals surface area contributed by atoms with Gasteiger partial charge in [0.05, 0.1) is 19.3 Å². The number of methoxy groups -OCH3 is 1. The average Bonchev–Trinajstić information content (AvgIpc) is 2.91. The van der Waals surface area contributed by atoms with Gasteiger partial charge in [0.1, 0.15) is 0 Å². The molecule has 0 saturated heterocycles. The highest BCUT2D eigenvalue weighted by Gasteiger charge is 2.05. The van der Waals surface area contributed by atoms with E-state index in [0.717, 1.165) is 11.3 Å². The zero-order valence-corrected chi connectivity index (χ0v) is 12.2. The van der Waals surface area contributed by atoms with Gasteiger partial charge in [-0.15, -0.1) is 0 Å². The topological polar surface area (TPSA) is 76.4 Å². The Labute approximate surface area is 123 Å². The first kappa shape index (κ1) is 15.2. The number of aryl methyl sites for hydroxylation is 1. The second kappa shape index (κ2) is 7.56. The van der Waals surface area contributed by atoms with Crippen LogP contribution in [0.4, 0.5) is 5.69 Å². The molecule has 0 fully saturated rings. The van der Waals surface area contributed by atoms with Gasteiger partial charge in [0.15, 0.2) is 11.7 Å². The SMILES string of the molecule is COCCNCC(=O)Nc1ccc(-c2cnc(C)o2)cc1. The van der Waals surface area contributed by atoms with E-state index >= 15 is 0 Å². The van der Waals surface area contributed by atoms with Crippen LogP contribution >= 0.6 is 0 Å². The van der Waals surface area contributed by atoms with Crippen LogP contribution in [0, 0.1) is 6.92 Å². The highest BCUT2D eigenvalue weighted by molar-refractivity contribution is 5.92. The Bertz CT molecular complexity index is 578. The van der Waals surface area contributed by atoms with Crippen molar-refractivity contribution < 1.29 is 13.9 Å². The largest absolute Gasteiger partial charge is 0.441 e. The summed E-state index contributed by atoms with van der Waals surface area (Å²) in [5, 5.41) is 5.80. The molecule has 2 rings (SSSR count). The Balaban J connectivity index is 1.86. The minimum Gasteiger partial charge on any atom is -0.441 e. The lowest BCUT2D eigenvalue weighted by Gasteiger charge is -2.07. The summed E-state index contributed by atoms with van der Waals surface area (Å²) in [5.41, 5.74) is 1.67. The van der Waals surface area contributed by atoms with Crippen molar-refractivity contribution in [3.63, 3.8) is 0 Å². The number of anilines is 1. The lowest BCUT2D eigenvalue weighted by Crippen LogP contribution is -2.30. The molecule has 0 atom stereocenters. The van der Waals surface area contributed by atoms with Gasteiger partial charge in [-0.25, -0.2) is 4.98 Å². The summed E-state index contributed by atoms with van der Waals surface area (Å²) in [6.45, 7) is 3.29. The maximum atomic E-state index is 11.7. The van der Waals surface area contributed by atoms with Crippen molar-refractivity contribution in [1.82, 2.24) is 10.3 Å². The van der Waals surface area contributed by atoms with E-state index in [4.69, 9.17) is 9.15 Å². The number of nitrogens with one attached hydrogen (secondary N) is 2. The first-order chi connectivity index (χ1) is 10.2. The highest BCUT2D eigenvalue weighted by Crippen LogP contribution is 2.21. The predicted octanol–water partition coefficient (Wildman–Crippen LogP) is 1.82. The number of ether oxygens (including phenoxy) is 1. The normalized spacial score (nSPS) is 10.6. The zero-order chi connectivity index (χ0) is 15.1. The molecule has 0 unspecified atom stereocenters. The molecule has 0 aliphatic heterocycles. The maximum Gasteiger partial charge on any atom is 0.238 e. The number of oxazole rings is 1. The number of amides is 1. The lowest BCUT2D eigenvalue weighted by atomic mass is 10.2. The summed E-state index contributed by atoms with van der Waals surface area (Å²) in [7, 11) is 1.62. The fourth-order valence-electron chi connectivity index (χ4n) is 1.79. The molecule has 0 aliphatic rings. The second-order valence-electron chi connectivity index (χ2n) is 4.54. The van der Waals surface area contributed by atoms with Crippen molar-refractivity contribution >= 4 is 11.6 Å². The fraction of sp³-hybridized carbons (Fsp3) is 0.333. The molecule has 1 aromatic carbocycles. The molecule has 6 heteroatoms. The van der Waals surface area contributed by atoms with E-state index in [1.54, 1.807) is 20.2 Å². The first-order valence-corrected chi connectivity index (χ1v) is 6.71. The number of carbonyl (C=O) groups is 1. The molecule has 112 valence electrons. The molecule has 0 radical (unpaired) electrons. The smallest absolute Gasteiger partial charge is 0.238 e. The molecule has 6 nitrogen and oxygen atoms in total. The van der Waals surface area contributed by atoms with E-state index in [1.165, 1.54) is 0 Å². The van der Waals surface area contributed by atoms with Crippen molar-refractivity contribution in [2.75, 3.05) is 32.1 Å². The molecule has 0 spiro atoms. The van der Waals surface area contributed by atoms with E-state index in [9.17, 15) is 4.79 Å². The van der Waals surface area contributed by atoms with Gasteiger partial charge in [-0.2, -0.15) is 0 Å². The number of nitrogens with zero attached hydrogens (tertiary/aromatic N) is 1. The monoisotopic (exact) mass is 289 g/mol. The van der Waals surface area contributed by atoms with Crippen LogP contribution in [0.15, 0.2) is 34.9 Å². The Morgan fingerprint density at radius 2 is 2.10 bits per heavy atom. The summed E-state index contributed by atoms with van der Waals surface area (Å²) in [4.78, 5) is 15.7. The number of hydrogen-bond donors (Lipinski definition) is 2. The van der Waals surface area contributed by atoms with Crippen LogP contribution in [0.3, 0.4) is 0 Å². The minimum absolute atomic E-state index is 0.0886. The van der Waals surface area contributed by atoms with Gasteiger partial charge in [0.2, 0.25) is 5.91 Å². The highest BCUT2D eigenvalue weighted by atomic mass is 16.5. The number of benzene rings is 1. The van der Waals surface area contributed by atoms with Gasteiger partial charge < -0.3 is 19.8 Å². The quantitative estimate of drug-likeness (QED) is 0.760. The number of hydrogen-bond acceptors (Lipinski definition) is 5. The van der Waals surface area contributed by atoms with Crippen molar-refractivity contribution in [1.29, 1.82) is 0 Å². The van der Waals surface area contributed by atoms with Crippen LogP contribution in [-0.4, -0.2) is 37.7 Å². The summed E-state index contributed by atoms with van der Waals surface area (Å²) in [6, 6.07) is 7.43. The second-order valence-corrected chi connectivity index (χ2v) is 4.54. The van der Waals surface area contributed by atoms with Gasteiger partial charge in [-0.3, -0.25) is 4.79 Å². The summed E-state index contributed by atoms with van der Waals surface area (Å²) in [6.07, 6.45) is 1.68. The van der Waals surface area contributed by atoms with Crippen LogP contribution < -0.4 is 10.6 Å². The molecular weight excluding hydrogens is 270 g/mol. The fourth-order valence-corrected chi connectivity index (χ4v) is 1.79. The van der Waals surface area contributed by atoms with Gasteiger partial charge >= 0.3 is 0 Å². The Hall–Kier alpha value is -2.18. The molecule has 21 heavy (non-hydrogen) atoms. The standard InChI is InChI=1S/C15H19N3O3/c1-11-17-9-14(21-11)12-3-5-13(6-4-12)18-15(19)10-16-7-8-20-2/h3-6,9,16H,7-8,10H2,1-2H3,(H,18,19). The van der Waals surface area contributed by atoms with E-state index in [-0.39, 0.29) is 12.5 Å². The molecule has 0 bridgehead atoms. The van der Waals surface area contributed by atoms with Gasteiger partial charge in [0, 0.05) is 31.8 Å². The van der Waals surface area contributed by atoms with E-state index in [1.807, 2.05) is 24.3 Å². The van der Waals surface area contributed by atoms with Crippen LogP contribution in [0.5, 0.6) is 0 Å². The molecule has 1 aromatic heterocycles. The van der Waals surface area contributed by atoms with Crippen molar-refractivity contribution in [2.24, 2.45) is 0 Å². The Morgan fingerprint density at radius 3 is 2.71 bits per heavy atom. The van der Waals surface area contributed by atoms with Gasteiger partial charge in [-0.1, -0.05) is 0 Å². The molecule has 1 amide bonds. The number of rotatable bonds is 7. The molecule has 1 heterocycles. The van der Waals surface area contributed by atoms with Gasteiger partial charge in [0.25, 0.3) is 0 Å². The predicted molar refractivity (Wildman–Crippen MR) is 80.1 cm³/mol. The first-order valence-electron chi connectivity index (χ1n) is 6.71. The molecule has 0 saturated carbocycles. The lowest BCUT2D eigenvalue weighted by molar-refractivity contribution is -0.115. The Kier molecular flexibility index (Phi) is 5.48. The summed E-state index contributed by atoms with van der Waals surface area (Å²) in [5.74, 6) is 1.26.